The number of ether oxygens (including phenoxy) is 1. The summed E-state index contributed by atoms with van der Waals surface area (Å²) in [5.74, 6) is 0. The van der Waals surface area contributed by atoms with Crippen LogP contribution in [0.15, 0.2) is 29.6 Å². The van der Waals surface area contributed by atoms with Gasteiger partial charge in [-0.1, -0.05) is 0 Å². The molecule has 2 heterocycles. The predicted octanol–water partition coefficient (Wildman–Crippen LogP) is 2.07. The SMILES string of the molecule is OC1COCC1Nc1ccc2sccc2c1. The molecule has 0 radical (unpaired) electrons. The Kier molecular flexibility index (Phi) is 2.55. The number of fused-ring (bicyclic) bond motifs is 1. The molecule has 1 aliphatic heterocycles. The Labute approximate surface area is 97.7 Å². The molecule has 0 spiro atoms. The molecule has 2 unspecified atom stereocenters. The highest BCUT2D eigenvalue weighted by Crippen LogP contribution is 2.25. The van der Waals surface area contributed by atoms with Gasteiger partial charge >= 0.3 is 0 Å². The minimum absolute atomic E-state index is 0.0103. The molecule has 1 aromatic carbocycles. The second-order valence-corrected chi connectivity index (χ2v) is 4.98. The van der Waals surface area contributed by atoms with Crippen molar-refractivity contribution in [3.63, 3.8) is 0 Å². The van der Waals surface area contributed by atoms with Gasteiger partial charge in [-0.15, -0.1) is 11.3 Å². The quantitative estimate of drug-likeness (QED) is 0.837. The van der Waals surface area contributed by atoms with Crippen LogP contribution >= 0.6 is 11.3 Å². The molecule has 4 heteroatoms. The van der Waals surface area contributed by atoms with E-state index in [-0.39, 0.29) is 6.04 Å². The van der Waals surface area contributed by atoms with Gasteiger partial charge in [0.2, 0.25) is 0 Å². The molecule has 1 fully saturated rings. The van der Waals surface area contributed by atoms with E-state index in [1.165, 1.54) is 10.1 Å². The lowest BCUT2D eigenvalue weighted by Crippen LogP contribution is -2.31. The number of hydrogen-bond acceptors (Lipinski definition) is 4. The van der Waals surface area contributed by atoms with Crippen LogP contribution in [0.25, 0.3) is 10.1 Å². The van der Waals surface area contributed by atoms with Gasteiger partial charge in [0.05, 0.1) is 25.4 Å². The fourth-order valence-electron chi connectivity index (χ4n) is 1.95. The van der Waals surface area contributed by atoms with Crippen molar-refractivity contribution >= 4 is 27.1 Å². The van der Waals surface area contributed by atoms with Crippen LogP contribution in [0.3, 0.4) is 0 Å². The first-order chi connectivity index (χ1) is 7.83. The summed E-state index contributed by atoms with van der Waals surface area (Å²) in [5.41, 5.74) is 1.04. The van der Waals surface area contributed by atoms with E-state index in [0.717, 1.165) is 5.69 Å². The van der Waals surface area contributed by atoms with Crippen LogP contribution in [-0.4, -0.2) is 30.5 Å². The van der Waals surface area contributed by atoms with Crippen molar-refractivity contribution in [3.05, 3.63) is 29.6 Å². The van der Waals surface area contributed by atoms with Crippen molar-refractivity contribution in [2.45, 2.75) is 12.1 Å². The Balaban J connectivity index is 1.83. The maximum atomic E-state index is 9.64. The van der Waals surface area contributed by atoms with Crippen molar-refractivity contribution < 1.29 is 9.84 Å². The third-order valence-electron chi connectivity index (χ3n) is 2.85. The van der Waals surface area contributed by atoms with E-state index in [4.69, 9.17) is 4.74 Å². The molecule has 3 rings (SSSR count). The minimum atomic E-state index is -0.404. The highest BCUT2D eigenvalue weighted by atomic mass is 32.1. The normalized spacial score (nSPS) is 25.1. The average Bonchev–Trinajstić information content (AvgIpc) is 2.88. The van der Waals surface area contributed by atoms with Crippen LogP contribution < -0.4 is 5.32 Å². The molecule has 1 aliphatic rings. The summed E-state index contributed by atoms with van der Waals surface area (Å²) in [6, 6.07) is 8.37. The van der Waals surface area contributed by atoms with Crippen molar-refractivity contribution in [1.29, 1.82) is 0 Å². The van der Waals surface area contributed by atoms with Crippen LogP contribution in [0.2, 0.25) is 0 Å². The minimum Gasteiger partial charge on any atom is -0.388 e. The lowest BCUT2D eigenvalue weighted by molar-refractivity contribution is 0.125. The maximum absolute atomic E-state index is 9.64. The Morgan fingerprint density at radius 1 is 1.31 bits per heavy atom. The van der Waals surface area contributed by atoms with Crippen molar-refractivity contribution in [2.24, 2.45) is 0 Å². The van der Waals surface area contributed by atoms with Crippen LogP contribution in [0.1, 0.15) is 0 Å². The van der Waals surface area contributed by atoms with Crippen LogP contribution in [0.5, 0.6) is 0 Å². The first kappa shape index (κ1) is 10.1. The number of aliphatic hydroxyl groups is 1. The summed E-state index contributed by atoms with van der Waals surface area (Å²) < 4.78 is 6.49. The second kappa shape index (κ2) is 4.05. The predicted molar refractivity (Wildman–Crippen MR) is 66.1 cm³/mol. The molecule has 1 aromatic heterocycles. The summed E-state index contributed by atoms with van der Waals surface area (Å²) in [6.07, 6.45) is -0.404. The number of nitrogens with one attached hydrogen (secondary N) is 1. The molecule has 3 nitrogen and oxygen atoms in total. The van der Waals surface area contributed by atoms with E-state index in [0.29, 0.717) is 13.2 Å². The summed E-state index contributed by atoms with van der Waals surface area (Å²) in [4.78, 5) is 0. The first-order valence-electron chi connectivity index (χ1n) is 5.32. The lowest BCUT2D eigenvalue weighted by Gasteiger charge is -2.15. The summed E-state index contributed by atoms with van der Waals surface area (Å²) in [5, 5.41) is 16.3. The number of aliphatic hydroxyl groups excluding tert-OH is 1. The molecule has 16 heavy (non-hydrogen) atoms. The van der Waals surface area contributed by atoms with Gasteiger partial charge in [-0.05, 0) is 35.0 Å². The van der Waals surface area contributed by atoms with Crippen molar-refractivity contribution in [2.75, 3.05) is 18.5 Å². The van der Waals surface area contributed by atoms with E-state index in [1.54, 1.807) is 11.3 Å². The topological polar surface area (TPSA) is 41.5 Å². The summed E-state index contributed by atoms with van der Waals surface area (Å²) in [7, 11) is 0. The molecule has 2 aromatic rings. The first-order valence-corrected chi connectivity index (χ1v) is 6.20. The van der Waals surface area contributed by atoms with E-state index in [1.807, 2.05) is 6.07 Å². The lowest BCUT2D eigenvalue weighted by atomic mass is 10.2. The maximum Gasteiger partial charge on any atom is 0.0996 e. The van der Waals surface area contributed by atoms with Gasteiger partial charge in [0.15, 0.2) is 0 Å². The van der Waals surface area contributed by atoms with Crippen LogP contribution in [0, 0.1) is 0 Å². The van der Waals surface area contributed by atoms with Gasteiger partial charge in [0, 0.05) is 10.4 Å². The summed E-state index contributed by atoms with van der Waals surface area (Å²) >= 11 is 1.74. The average molecular weight is 235 g/mol. The van der Waals surface area contributed by atoms with Crippen LogP contribution in [-0.2, 0) is 4.74 Å². The zero-order valence-electron chi connectivity index (χ0n) is 8.72. The molecule has 1 saturated heterocycles. The Morgan fingerprint density at radius 3 is 3.06 bits per heavy atom. The van der Waals surface area contributed by atoms with Gasteiger partial charge in [0.25, 0.3) is 0 Å². The standard InChI is InChI=1S/C12H13NO2S/c14-11-7-15-6-10(11)13-9-1-2-12-8(5-9)3-4-16-12/h1-5,10-11,13-14H,6-7H2. The Hall–Kier alpha value is -1.10. The van der Waals surface area contributed by atoms with Crippen molar-refractivity contribution in [1.82, 2.24) is 0 Å². The monoisotopic (exact) mass is 235 g/mol. The molecule has 2 N–H and O–H groups in total. The number of thiophene rings is 1. The Bertz CT molecular complexity index is 496. The molecular weight excluding hydrogens is 222 g/mol. The molecule has 0 bridgehead atoms. The largest absolute Gasteiger partial charge is 0.388 e. The smallest absolute Gasteiger partial charge is 0.0996 e. The molecule has 84 valence electrons. The van der Waals surface area contributed by atoms with Gasteiger partial charge in [-0.3, -0.25) is 0 Å². The van der Waals surface area contributed by atoms with E-state index in [9.17, 15) is 5.11 Å². The van der Waals surface area contributed by atoms with E-state index >= 15 is 0 Å². The molecule has 0 aliphatic carbocycles. The third kappa shape index (κ3) is 1.80. The fourth-order valence-corrected chi connectivity index (χ4v) is 2.72. The number of anilines is 1. The second-order valence-electron chi connectivity index (χ2n) is 4.03. The van der Waals surface area contributed by atoms with Crippen LogP contribution in [0.4, 0.5) is 5.69 Å². The van der Waals surface area contributed by atoms with Gasteiger partial charge in [-0.2, -0.15) is 0 Å². The van der Waals surface area contributed by atoms with Gasteiger partial charge in [0.1, 0.15) is 0 Å². The third-order valence-corrected chi connectivity index (χ3v) is 3.75. The fraction of sp³-hybridized carbons (Fsp3) is 0.333. The zero-order valence-corrected chi connectivity index (χ0v) is 9.54. The van der Waals surface area contributed by atoms with E-state index < -0.39 is 6.10 Å². The number of rotatable bonds is 2. The molecular formula is C12H13NO2S. The number of hydrogen-bond donors (Lipinski definition) is 2. The molecule has 0 amide bonds. The summed E-state index contributed by atoms with van der Waals surface area (Å²) in [6.45, 7) is 1.00. The van der Waals surface area contributed by atoms with E-state index in [2.05, 4.69) is 28.9 Å². The van der Waals surface area contributed by atoms with Gasteiger partial charge < -0.3 is 15.2 Å². The highest BCUT2D eigenvalue weighted by Gasteiger charge is 2.25. The number of benzene rings is 1. The zero-order chi connectivity index (χ0) is 11.0. The highest BCUT2D eigenvalue weighted by molar-refractivity contribution is 7.17. The van der Waals surface area contributed by atoms with Crippen molar-refractivity contribution in [3.8, 4) is 0 Å². The Morgan fingerprint density at radius 2 is 2.25 bits per heavy atom. The van der Waals surface area contributed by atoms with Gasteiger partial charge in [-0.25, -0.2) is 0 Å². The molecule has 0 saturated carbocycles. The molecule has 2 atom stereocenters.